The summed E-state index contributed by atoms with van der Waals surface area (Å²) in [7, 11) is 1.59. The second kappa shape index (κ2) is 15.8. The quantitative estimate of drug-likeness (QED) is 0.146. The average Bonchev–Trinajstić information content (AvgIpc) is 3.07. The monoisotopic (exact) mass is 665 g/mol. The van der Waals surface area contributed by atoms with E-state index >= 15 is 0 Å². The summed E-state index contributed by atoms with van der Waals surface area (Å²) in [5.41, 5.74) is 3.48. The number of methoxy groups -OCH3 is 1. The van der Waals surface area contributed by atoms with E-state index in [-0.39, 0.29) is 23.6 Å². The highest BCUT2D eigenvalue weighted by Gasteiger charge is 2.30. The minimum absolute atomic E-state index is 0.122. The molecule has 0 bridgehead atoms. The molecule has 0 saturated heterocycles. The highest BCUT2D eigenvalue weighted by atomic mass is 16.5. The van der Waals surface area contributed by atoms with E-state index in [0.717, 1.165) is 23.1 Å². The number of ether oxygens (including phenoxy) is 1. The first-order valence-electron chi connectivity index (χ1n) is 16.6. The number of anilines is 1. The van der Waals surface area contributed by atoms with Crippen LogP contribution in [-0.2, 0) is 39.2 Å². The number of aromatic nitrogens is 1. The summed E-state index contributed by atoms with van der Waals surface area (Å²) in [4.78, 5) is 53.0. The molecule has 0 aliphatic heterocycles. The van der Waals surface area contributed by atoms with Gasteiger partial charge in [0.2, 0.25) is 11.8 Å². The summed E-state index contributed by atoms with van der Waals surface area (Å²) < 4.78 is 6.75. The number of hydrogen-bond donors (Lipinski definition) is 3. The number of nitrogens with zero attached hydrogens (tertiary/aromatic N) is 1. The molecule has 0 radical (unpaired) electrons. The summed E-state index contributed by atoms with van der Waals surface area (Å²) in [6, 6.07) is 23.0. The van der Waals surface area contributed by atoms with E-state index in [4.69, 9.17) is 4.74 Å². The Bertz CT molecular complexity index is 1820. The summed E-state index contributed by atoms with van der Waals surface area (Å²) in [6.07, 6.45) is 2.74. The van der Waals surface area contributed by atoms with Gasteiger partial charge in [0.25, 0.3) is 5.56 Å². The number of carboxylic acid groups (broad SMARTS) is 1. The van der Waals surface area contributed by atoms with Gasteiger partial charge in [0.1, 0.15) is 17.5 Å². The third-order valence-electron chi connectivity index (χ3n) is 8.93. The maximum Gasteiger partial charge on any atom is 0.313 e. The van der Waals surface area contributed by atoms with Gasteiger partial charge in [-0.05, 0) is 91.6 Å². The number of hydrogen-bond acceptors (Lipinski definition) is 5. The van der Waals surface area contributed by atoms with E-state index in [2.05, 4.69) is 24.5 Å². The normalized spacial score (nSPS) is 12.7. The average molecular weight is 666 g/mol. The number of rotatable bonds is 14. The Morgan fingerprint density at radius 3 is 1.96 bits per heavy atom. The van der Waals surface area contributed by atoms with E-state index in [0.29, 0.717) is 29.3 Å². The second-order valence-corrected chi connectivity index (χ2v) is 13.6. The minimum atomic E-state index is -1.10. The fourth-order valence-corrected chi connectivity index (χ4v) is 5.57. The number of aliphatic carboxylic acids is 1. The van der Waals surface area contributed by atoms with Gasteiger partial charge in [-0.25, -0.2) is 0 Å². The Labute approximate surface area is 288 Å². The van der Waals surface area contributed by atoms with Crippen LogP contribution in [0.5, 0.6) is 5.75 Å². The van der Waals surface area contributed by atoms with Crippen molar-refractivity contribution in [2.45, 2.75) is 78.3 Å². The lowest BCUT2D eigenvalue weighted by Gasteiger charge is -2.23. The van der Waals surface area contributed by atoms with Gasteiger partial charge in [-0.2, -0.15) is 0 Å². The van der Waals surface area contributed by atoms with E-state index in [9.17, 15) is 24.3 Å². The molecule has 1 heterocycles. The number of aryl methyl sites for hydroxylation is 1. The van der Waals surface area contributed by atoms with Crippen molar-refractivity contribution in [1.82, 2.24) is 9.88 Å². The molecule has 0 spiro atoms. The lowest BCUT2D eigenvalue weighted by atomic mass is 9.84. The zero-order valence-electron chi connectivity index (χ0n) is 29.4. The van der Waals surface area contributed by atoms with Crippen molar-refractivity contribution in [2.75, 3.05) is 12.4 Å². The van der Waals surface area contributed by atoms with E-state index in [1.54, 1.807) is 71.3 Å². The van der Waals surface area contributed by atoms with Crippen molar-refractivity contribution in [1.29, 1.82) is 0 Å². The number of nitrogens with one attached hydrogen (secondary N) is 2. The van der Waals surface area contributed by atoms with E-state index in [1.165, 1.54) is 10.1 Å². The molecule has 0 saturated carbocycles. The smallest absolute Gasteiger partial charge is 0.313 e. The molecule has 0 aliphatic rings. The molecular formula is C40H47N3O6. The maximum atomic E-state index is 14.0. The number of carboxylic acids is 1. The Morgan fingerprint density at radius 2 is 1.39 bits per heavy atom. The van der Waals surface area contributed by atoms with Crippen LogP contribution < -0.4 is 20.9 Å². The van der Waals surface area contributed by atoms with Gasteiger partial charge in [0, 0.05) is 12.6 Å². The van der Waals surface area contributed by atoms with Crippen molar-refractivity contribution < 1.29 is 24.2 Å². The van der Waals surface area contributed by atoms with Gasteiger partial charge in [-0.15, -0.1) is 0 Å². The summed E-state index contributed by atoms with van der Waals surface area (Å²) in [5, 5.41) is 15.4. The second-order valence-electron chi connectivity index (χ2n) is 13.6. The van der Waals surface area contributed by atoms with Crippen LogP contribution in [0.4, 0.5) is 5.69 Å². The molecule has 3 aromatic carbocycles. The molecule has 2 atom stereocenters. The van der Waals surface area contributed by atoms with Gasteiger partial charge >= 0.3 is 5.97 Å². The van der Waals surface area contributed by atoms with Gasteiger partial charge in [-0.3, -0.25) is 19.2 Å². The molecule has 258 valence electrons. The number of amides is 2. The lowest BCUT2D eigenvalue weighted by Crippen LogP contribution is -2.47. The largest absolute Gasteiger partial charge is 0.497 e. The first-order valence-corrected chi connectivity index (χ1v) is 16.6. The third kappa shape index (κ3) is 9.25. The lowest BCUT2D eigenvalue weighted by molar-refractivity contribution is -0.142. The molecule has 0 aliphatic carbocycles. The molecule has 3 N–H and O–H groups in total. The molecule has 0 unspecified atom stereocenters. The maximum absolute atomic E-state index is 14.0. The molecule has 0 fully saturated rings. The molecule has 9 nitrogen and oxygen atoms in total. The molecule has 49 heavy (non-hydrogen) atoms. The molecule has 2 amide bonds. The summed E-state index contributed by atoms with van der Waals surface area (Å²) in [6.45, 7) is 11.4. The highest BCUT2D eigenvalue weighted by molar-refractivity contribution is 5.98. The van der Waals surface area contributed by atoms with Crippen molar-refractivity contribution in [3.8, 4) is 5.75 Å². The van der Waals surface area contributed by atoms with Crippen LogP contribution in [0, 0.1) is 12.8 Å². The van der Waals surface area contributed by atoms with Gasteiger partial charge in [-0.1, -0.05) is 74.5 Å². The highest BCUT2D eigenvalue weighted by Crippen LogP contribution is 2.25. The van der Waals surface area contributed by atoms with Gasteiger partial charge < -0.3 is 25.0 Å². The first kappa shape index (κ1) is 36.7. The number of carbonyl (C=O) groups is 3. The summed E-state index contributed by atoms with van der Waals surface area (Å²) >= 11 is 0. The number of benzene rings is 3. The van der Waals surface area contributed by atoms with Crippen LogP contribution in [0.2, 0.25) is 0 Å². The van der Waals surface area contributed by atoms with Gasteiger partial charge in [0.05, 0.1) is 25.0 Å². The van der Waals surface area contributed by atoms with E-state index < -0.39 is 29.3 Å². The Hall–Kier alpha value is -5.18. The van der Waals surface area contributed by atoms with E-state index in [1.807, 2.05) is 48.5 Å². The Morgan fingerprint density at radius 1 is 0.816 bits per heavy atom. The van der Waals surface area contributed by atoms with Crippen LogP contribution in [0.25, 0.3) is 0 Å². The predicted octanol–water partition coefficient (Wildman–Crippen LogP) is 6.24. The minimum Gasteiger partial charge on any atom is -0.497 e. The molecule has 1 aromatic heterocycles. The zero-order chi connectivity index (χ0) is 35.9. The number of carbonyl (C=O) groups excluding carboxylic acids is 2. The molecule has 9 heteroatoms. The number of pyridine rings is 1. The zero-order valence-corrected chi connectivity index (χ0v) is 29.4. The fourth-order valence-electron chi connectivity index (χ4n) is 5.57. The van der Waals surface area contributed by atoms with Gasteiger partial charge in [0.15, 0.2) is 0 Å². The SMILES string of the molecule is COc1ccc(Cn2ccc(C)c(NC(=O)[C@H](Cc3ccc(C(C)(C)C(=O)O)cc3)NC(=O)[C@@H](C)c3ccc(CC(C)C)cc3)c2=O)cc1. The summed E-state index contributed by atoms with van der Waals surface area (Å²) in [5.74, 6) is -1.14. The first-order chi connectivity index (χ1) is 23.2. The predicted molar refractivity (Wildman–Crippen MR) is 192 cm³/mol. The standard InChI is InChI=1S/C40H47N3O6/c1-25(2)22-28-8-14-31(15-9-28)27(4)36(44)41-34(23-29-10-16-32(17-11-29)40(5,6)39(47)48)37(45)42-35-26(3)20-21-43(38(35)46)24-30-12-18-33(49-7)19-13-30/h8-21,25,27,34H,22-24H2,1-7H3,(H,41,44)(H,42,45)(H,47,48)/t27-,34-/m0/s1. The molecule has 4 aromatic rings. The molecular weight excluding hydrogens is 618 g/mol. The fraction of sp³-hybridized carbons (Fsp3) is 0.350. The van der Waals surface area contributed by atoms with Crippen molar-refractivity contribution >= 4 is 23.5 Å². The Kier molecular flexibility index (Phi) is 11.8. The van der Waals surface area contributed by atoms with Crippen molar-refractivity contribution in [3.05, 3.63) is 129 Å². The van der Waals surface area contributed by atoms with Crippen LogP contribution in [0.1, 0.15) is 73.9 Å². The third-order valence-corrected chi connectivity index (χ3v) is 8.93. The van der Waals surface area contributed by atoms with Crippen molar-refractivity contribution in [2.24, 2.45) is 5.92 Å². The van der Waals surface area contributed by atoms with Crippen LogP contribution in [0.3, 0.4) is 0 Å². The Balaban J connectivity index is 1.60. The topological polar surface area (TPSA) is 127 Å². The van der Waals surface area contributed by atoms with Crippen LogP contribution in [0.15, 0.2) is 89.9 Å². The molecule has 4 rings (SSSR count). The van der Waals surface area contributed by atoms with Crippen molar-refractivity contribution in [3.63, 3.8) is 0 Å². The van der Waals surface area contributed by atoms with Crippen LogP contribution in [-0.4, -0.2) is 40.6 Å². The van der Waals surface area contributed by atoms with Crippen LogP contribution >= 0.6 is 0 Å².